The number of hydrogen-bond donors (Lipinski definition) is 0. The van der Waals surface area contributed by atoms with Crippen molar-refractivity contribution in [2.75, 3.05) is 4.90 Å². The van der Waals surface area contributed by atoms with Gasteiger partial charge in [-0.2, -0.15) is 0 Å². The number of aromatic nitrogens is 1. The van der Waals surface area contributed by atoms with Gasteiger partial charge in [-0.1, -0.05) is 176 Å². The highest BCUT2D eigenvalue weighted by atomic mass is 16.3. The molecule has 2 aliphatic rings. The molecule has 0 N–H and O–H groups in total. The summed E-state index contributed by atoms with van der Waals surface area (Å²) in [7, 11) is 0. The topological polar surface area (TPSA) is 21.3 Å². The Kier molecular flexibility index (Phi) is 7.55. The van der Waals surface area contributed by atoms with Gasteiger partial charge in [0.1, 0.15) is 11.2 Å². The first-order valence-corrected chi connectivity index (χ1v) is 25.0. The van der Waals surface area contributed by atoms with Gasteiger partial charge in [0, 0.05) is 60.8 Å². The second-order valence-electron chi connectivity index (χ2n) is 19.9. The maximum absolute atomic E-state index is 7.20. The van der Waals surface area contributed by atoms with E-state index in [-0.39, 0.29) is 6.85 Å². The summed E-state index contributed by atoms with van der Waals surface area (Å²) in [5, 5.41) is 17.3. The molecule has 15 aromatic rings. The number of benzene rings is 13. The Morgan fingerprint density at radius 2 is 0.917 bits per heavy atom. The van der Waals surface area contributed by atoms with Gasteiger partial charge in [-0.3, -0.25) is 0 Å². The normalized spacial score (nSPS) is 12.9. The van der Waals surface area contributed by atoms with Gasteiger partial charge < -0.3 is 13.8 Å². The van der Waals surface area contributed by atoms with E-state index in [1.807, 2.05) is 0 Å². The molecule has 72 heavy (non-hydrogen) atoms. The second kappa shape index (κ2) is 14.1. The molecule has 17 rings (SSSR count). The molecule has 2 aliphatic heterocycles. The summed E-state index contributed by atoms with van der Waals surface area (Å²) < 4.78 is 9.89. The van der Waals surface area contributed by atoms with Crippen LogP contribution in [0.15, 0.2) is 241 Å². The van der Waals surface area contributed by atoms with Crippen LogP contribution in [0.25, 0.3) is 131 Å². The summed E-state index contributed by atoms with van der Waals surface area (Å²) in [4.78, 5) is 2.60. The van der Waals surface area contributed by atoms with Gasteiger partial charge in [0.2, 0.25) is 0 Å². The number of rotatable bonds is 3. The molecule has 0 saturated heterocycles. The van der Waals surface area contributed by atoms with Crippen molar-refractivity contribution in [1.29, 1.82) is 0 Å². The Labute approximate surface area is 414 Å². The number of anilines is 3. The summed E-state index contributed by atoms with van der Waals surface area (Å²) >= 11 is 0. The van der Waals surface area contributed by atoms with Crippen LogP contribution < -0.4 is 15.8 Å². The van der Waals surface area contributed by atoms with E-state index in [2.05, 4.69) is 246 Å². The molecule has 0 aliphatic carbocycles. The predicted molar refractivity (Wildman–Crippen MR) is 306 cm³/mol. The van der Waals surface area contributed by atoms with Gasteiger partial charge in [-0.05, 0) is 148 Å². The van der Waals surface area contributed by atoms with Gasteiger partial charge in [0.15, 0.2) is 0 Å². The number of hydrogen-bond acceptors (Lipinski definition) is 2. The minimum absolute atomic E-state index is 0.186. The molecular formula is C68H39BN2O. The maximum atomic E-state index is 7.20. The summed E-state index contributed by atoms with van der Waals surface area (Å²) in [6.45, 7) is -0.186. The first kappa shape index (κ1) is 38.5. The molecule has 13 aromatic carbocycles. The molecule has 2 aromatic heterocycles. The quantitative estimate of drug-likeness (QED) is 0.100. The zero-order valence-electron chi connectivity index (χ0n) is 38.9. The van der Waals surface area contributed by atoms with Crippen LogP contribution >= 0.6 is 0 Å². The van der Waals surface area contributed by atoms with Crippen molar-refractivity contribution in [1.82, 2.24) is 4.48 Å². The van der Waals surface area contributed by atoms with E-state index in [1.165, 1.54) is 126 Å². The third-order valence-electron chi connectivity index (χ3n) is 16.2. The van der Waals surface area contributed by atoms with Crippen molar-refractivity contribution >= 4 is 132 Å². The maximum Gasteiger partial charge on any atom is 0.333 e. The van der Waals surface area contributed by atoms with Crippen LogP contribution in [0.1, 0.15) is 0 Å². The molecule has 4 heterocycles. The van der Waals surface area contributed by atoms with Gasteiger partial charge in [0.05, 0.1) is 0 Å². The van der Waals surface area contributed by atoms with E-state index in [1.54, 1.807) is 0 Å². The molecule has 0 unspecified atom stereocenters. The fourth-order valence-electron chi connectivity index (χ4n) is 13.2. The molecule has 0 radical (unpaired) electrons. The van der Waals surface area contributed by atoms with E-state index in [9.17, 15) is 0 Å². The highest BCUT2D eigenvalue weighted by molar-refractivity contribution is 6.90. The number of nitrogens with zero attached hydrogens (tertiary/aromatic N) is 2. The third-order valence-corrected chi connectivity index (χ3v) is 16.2. The molecule has 0 amide bonds. The predicted octanol–water partition coefficient (Wildman–Crippen LogP) is 17.2. The monoisotopic (exact) mass is 910 g/mol. The molecule has 0 fully saturated rings. The molecule has 0 atom stereocenters. The minimum atomic E-state index is -0.186. The van der Waals surface area contributed by atoms with Crippen LogP contribution in [0.3, 0.4) is 0 Å². The van der Waals surface area contributed by atoms with Crippen molar-refractivity contribution in [3.05, 3.63) is 237 Å². The average Bonchev–Trinajstić information content (AvgIpc) is 4.00. The third kappa shape index (κ3) is 5.10. The van der Waals surface area contributed by atoms with Crippen molar-refractivity contribution in [3.63, 3.8) is 0 Å². The van der Waals surface area contributed by atoms with Crippen LogP contribution in [0, 0.1) is 0 Å². The average molecular weight is 911 g/mol. The van der Waals surface area contributed by atoms with Gasteiger partial charge in [-0.15, -0.1) is 0 Å². The van der Waals surface area contributed by atoms with E-state index in [0.717, 1.165) is 33.3 Å². The van der Waals surface area contributed by atoms with E-state index in [4.69, 9.17) is 4.42 Å². The van der Waals surface area contributed by atoms with E-state index < -0.39 is 0 Å². The molecule has 3 nitrogen and oxygen atoms in total. The SMILES string of the molecule is c1ccc(-c2cc(-c3ccccc3)cc(N3c4cc5cc6c7ccccc7c7ccccc7c6cc5cc4B4c5c3cc3c(oc6ccccc63)c5-c3cc5ccccc5c5c6ccccc6n4c35)c2)cc1. The number of para-hydroxylation sites is 2. The summed E-state index contributed by atoms with van der Waals surface area (Å²) in [6, 6.07) is 88.2. The number of fused-ring (bicyclic) bond motifs is 20. The Bertz CT molecular complexity index is 4820. The number of furan rings is 1. The standard InChI is InChI=1S/C68H39BN2O/c1-3-17-40(18-4-1)43-31-44(41-19-5-2-6-20-41)33-47(32-43)70-61-38-46-36-56-52-26-12-10-24-50(52)49-23-9-11-25-51(49)55(56)35-45(46)37-59(61)69-66-62(70)39-57-53-27-14-16-30-63(53)72-68(57)65(66)58-34-42-21-7-8-22-48(42)64-54-28-13-15-29-60(54)71(69)67(58)64/h1-39H. The van der Waals surface area contributed by atoms with E-state index >= 15 is 0 Å². The smallest absolute Gasteiger partial charge is 0.333 e. The molecule has 0 spiro atoms. The van der Waals surface area contributed by atoms with Crippen molar-refractivity contribution in [2.45, 2.75) is 0 Å². The fraction of sp³-hybridized carbons (Fsp3) is 0. The van der Waals surface area contributed by atoms with Crippen LogP contribution in [0.5, 0.6) is 0 Å². The van der Waals surface area contributed by atoms with Crippen LogP contribution in [-0.4, -0.2) is 11.3 Å². The van der Waals surface area contributed by atoms with Crippen LogP contribution in [-0.2, 0) is 0 Å². The lowest BCUT2D eigenvalue weighted by Crippen LogP contribution is -2.56. The van der Waals surface area contributed by atoms with Gasteiger partial charge in [0.25, 0.3) is 0 Å². The lowest BCUT2D eigenvalue weighted by atomic mass is 9.44. The highest BCUT2D eigenvalue weighted by Crippen LogP contribution is 2.52. The molecule has 0 bridgehead atoms. The fourth-order valence-corrected chi connectivity index (χ4v) is 13.2. The summed E-state index contributed by atoms with van der Waals surface area (Å²) in [5.74, 6) is 0. The molecular weight excluding hydrogens is 872 g/mol. The van der Waals surface area contributed by atoms with Crippen molar-refractivity contribution in [3.8, 4) is 33.4 Å². The molecule has 0 saturated carbocycles. The minimum Gasteiger partial charge on any atom is -0.455 e. The Balaban J connectivity index is 1.08. The first-order valence-electron chi connectivity index (χ1n) is 25.0. The zero-order chi connectivity index (χ0) is 46.8. The van der Waals surface area contributed by atoms with Crippen LogP contribution in [0.4, 0.5) is 17.1 Å². The van der Waals surface area contributed by atoms with Crippen molar-refractivity contribution < 1.29 is 4.42 Å². The van der Waals surface area contributed by atoms with Gasteiger partial charge in [-0.25, -0.2) is 0 Å². The lowest BCUT2D eigenvalue weighted by molar-refractivity contribution is 0.670. The van der Waals surface area contributed by atoms with Crippen molar-refractivity contribution in [2.24, 2.45) is 0 Å². The highest BCUT2D eigenvalue weighted by Gasteiger charge is 2.45. The zero-order valence-corrected chi connectivity index (χ0v) is 38.9. The first-order chi connectivity index (χ1) is 35.7. The summed E-state index contributed by atoms with van der Waals surface area (Å²) in [5.41, 5.74) is 17.3. The second-order valence-corrected chi connectivity index (χ2v) is 19.9. The van der Waals surface area contributed by atoms with E-state index in [0.29, 0.717) is 0 Å². The lowest BCUT2D eigenvalue weighted by Gasteiger charge is -2.41. The summed E-state index contributed by atoms with van der Waals surface area (Å²) in [6.07, 6.45) is 0. The van der Waals surface area contributed by atoms with Crippen LogP contribution in [0.2, 0.25) is 0 Å². The molecule has 4 heteroatoms. The molecule has 330 valence electrons. The Hall–Kier alpha value is -9.38. The largest absolute Gasteiger partial charge is 0.455 e. The Morgan fingerprint density at radius 1 is 0.361 bits per heavy atom. The van der Waals surface area contributed by atoms with Gasteiger partial charge >= 0.3 is 6.85 Å². The Morgan fingerprint density at radius 3 is 1.60 bits per heavy atom.